The van der Waals surface area contributed by atoms with Crippen molar-refractivity contribution in [3.05, 3.63) is 64.3 Å². The van der Waals surface area contributed by atoms with Crippen LogP contribution < -0.4 is 10.7 Å². The molecule has 0 amide bonds. The average Bonchev–Trinajstić information content (AvgIpc) is 3.00. The molecule has 7 nitrogen and oxygen atoms in total. The Labute approximate surface area is 127 Å². The van der Waals surface area contributed by atoms with Gasteiger partial charge in [0, 0.05) is 31.3 Å². The van der Waals surface area contributed by atoms with Crippen molar-refractivity contribution < 1.29 is 4.92 Å². The van der Waals surface area contributed by atoms with Crippen molar-refractivity contribution in [2.75, 3.05) is 11.6 Å². The number of benzene rings is 1. The molecule has 22 heavy (non-hydrogen) atoms. The number of nitrogens with zero attached hydrogens (tertiary/aromatic N) is 4. The molecule has 0 spiro atoms. The second-order valence-electron chi connectivity index (χ2n) is 4.97. The molecule has 0 fully saturated rings. The van der Waals surface area contributed by atoms with Gasteiger partial charge in [-0.2, -0.15) is 5.10 Å². The summed E-state index contributed by atoms with van der Waals surface area (Å²) in [6.45, 7) is 0.356. The van der Waals surface area contributed by atoms with Crippen molar-refractivity contribution in [3.63, 3.8) is 0 Å². The highest BCUT2D eigenvalue weighted by atomic mass is 16.6. The van der Waals surface area contributed by atoms with E-state index in [1.54, 1.807) is 23.3 Å². The number of non-ortho nitro benzene ring substituents is 1. The predicted molar refractivity (Wildman–Crippen MR) is 83.7 cm³/mol. The molecule has 0 saturated heterocycles. The first-order chi connectivity index (χ1) is 10.7. The van der Waals surface area contributed by atoms with Gasteiger partial charge >= 0.3 is 0 Å². The summed E-state index contributed by atoms with van der Waals surface area (Å²) < 4.78 is 0. The van der Waals surface area contributed by atoms with Crippen LogP contribution in [0.25, 0.3) is 0 Å². The first-order valence-electron chi connectivity index (χ1n) is 6.90. The van der Waals surface area contributed by atoms with Crippen molar-refractivity contribution >= 4 is 17.2 Å². The molecule has 2 aromatic rings. The SMILES string of the molecule is NCC1=NN(c2ccccn2)C(c2cccc([N+](=O)[O-])c2)C1. The van der Waals surface area contributed by atoms with Gasteiger partial charge in [0.2, 0.25) is 0 Å². The Morgan fingerprint density at radius 1 is 1.32 bits per heavy atom. The van der Waals surface area contributed by atoms with Crippen LogP contribution in [0.3, 0.4) is 0 Å². The van der Waals surface area contributed by atoms with E-state index in [2.05, 4.69) is 10.1 Å². The third-order valence-electron chi connectivity index (χ3n) is 3.56. The van der Waals surface area contributed by atoms with E-state index in [1.807, 2.05) is 24.3 Å². The third-order valence-corrected chi connectivity index (χ3v) is 3.56. The van der Waals surface area contributed by atoms with Gasteiger partial charge < -0.3 is 5.73 Å². The largest absolute Gasteiger partial charge is 0.325 e. The Kier molecular flexibility index (Phi) is 3.80. The molecular weight excluding hydrogens is 282 g/mol. The van der Waals surface area contributed by atoms with E-state index in [1.165, 1.54) is 6.07 Å². The van der Waals surface area contributed by atoms with Crippen LogP contribution in [-0.2, 0) is 0 Å². The molecule has 7 heteroatoms. The van der Waals surface area contributed by atoms with Crippen LogP contribution in [0.4, 0.5) is 11.5 Å². The highest BCUT2D eigenvalue weighted by molar-refractivity contribution is 5.90. The second kappa shape index (κ2) is 5.90. The molecule has 0 saturated carbocycles. The molecule has 0 aliphatic carbocycles. The summed E-state index contributed by atoms with van der Waals surface area (Å²) in [6, 6.07) is 12.0. The van der Waals surface area contributed by atoms with Gasteiger partial charge in [-0.05, 0) is 17.7 Å². The first-order valence-corrected chi connectivity index (χ1v) is 6.90. The van der Waals surface area contributed by atoms with Gasteiger partial charge in [0.15, 0.2) is 0 Å². The van der Waals surface area contributed by atoms with Crippen molar-refractivity contribution in [2.24, 2.45) is 10.8 Å². The Hall–Kier alpha value is -2.80. The molecule has 3 rings (SSSR count). The number of nitrogens with two attached hydrogens (primary N) is 1. The second-order valence-corrected chi connectivity index (χ2v) is 4.97. The van der Waals surface area contributed by atoms with Crippen LogP contribution in [0.2, 0.25) is 0 Å². The fourth-order valence-corrected chi connectivity index (χ4v) is 2.50. The molecular formula is C15H15N5O2. The lowest BCUT2D eigenvalue weighted by molar-refractivity contribution is -0.384. The zero-order valence-corrected chi connectivity index (χ0v) is 11.8. The fourth-order valence-electron chi connectivity index (χ4n) is 2.50. The standard InChI is InChI=1S/C15H15N5O2/c16-10-12-9-14(11-4-3-5-13(8-11)20(21)22)19(18-12)15-6-1-2-7-17-15/h1-8,14H,9-10,16H2. The number of nitro benzene ring substituents is 1. The lowest BCUT2D eigenvalue weighted by atomic mass is 10.0. The summed E-state index contributed by atoms with van der Waals surface area (Å²) in [5.41, 5.74) is 7.45. The number of hydrogen-bond donors (Lipinski definition) is 1. The molecule has 1 atom stereocenters. The fraction of sp³-hybridized carbons (Fsp3) is 0.200. The number of nitro groups is 1. The highest BCUT2D eigenvalue weighted by Crippen LogP contribution is 2.34. The molecule has 1 aromatic carbocycles. The summed E-state index contributed by atoms with van der Waals surface area (Å²) in [4.78, 5) is 14.9. The summed E-state index contributed by atoms with van der Waals surface area (Å²) >= 11 is 0. The minimum absolute atomic E-state index is 0.0691. The zero-order valence-electron chi connectivity index (χ0n) is 11.8. The van der Waals surface area contributed by atoms with Gasteiger partial charge in [-0.1, -0.05) is 18.2 Å². The lowest BCUT2D eigenvalue weighted by Gasteiger charge is -2.22. The molecule has 2 heterocycles. The summed E-state index contributed by atoms with van der Waals surface area (Å²) in [5, 5.41) is 17.3. The maximum Gasteiger partial charge on any atom is 0.269 e. The maximum absolute atomic E-state index is 11.0. The minimum Gasteiger partial charge on any atom is -0.325 e. The smallest absolute Gasteiger partial charge is 0.269 e. The van der Waals surface area contributed by atoms with E-state index in [-0.39, 0.29) is 11.7 Å². The van der Waals surface area contributed by atoms with Gasteiger partial charge in [0.05, 0.1) is 16.7 Å². The van der Waals surface area contributed by atoms with Crippen molar-refractivity contribution in [2.45, 2.75) is 12.5 Å². The van der Waals surface area contributed by atoms with Crippen molar-refractivity contribution in [3.8, 4) is 0 Å². The summed E-state index contributed by atoms with van der Waals surface area (Å²) in [5.74, 6) is 0.697. The van der Waals surface area contributed by atoms with E-state index >= 15 is 0 Å². The first kappa shape index (κ1) is 14.2. The Morgan fingerprint density at radius 2 is 2.18 bits per heavy atom. The summed E-state index contributed by atoms with van der Waals surface area (Å²) in [7, 11) is 0. The molecule has 0 radical (unpaired) electrons. The van der Waals surface area contributed by atoms with Crippen LogP contribution in [-0.4, -0.2) is 22.2 Å². The van der Waals surface area contributed by atoms with Crippen LogP contribution >= 0.6 is 0 Å². The Morgan fingerprint density at radius 3 is 2.86 bits per heavy atom. The van der Waals surface area contributed by atoms with Crippen LogP contribution in [0.15, 0.2) is 53.8 Å². The van der Waals surface area contributed by atoms with Gasteiger partial charge in [0.25, 0.3) is 5.69 Å². The maximum atomic E-state index is 11.0. The number of pyridine rings is 1. The van der Waals surface area contributed by atoms with Gasteiger partial charge in [-0.25, -0.2) is 9.99 Å². The normalized spacial score (nSPS) is 17.4. The number of hydrazone groups is 1. The quantitative estimate of drug-likeness (QED) is 0.689. The van der Waals surface area contributed by atoms with Crippen LogP contribution in [0.1, 0.15) is 18.0 Å². The number of anilines is 1. The number of rotatable bonds is 4. The van der Waals surface area contributed by atoms with Crippen LogP contribution in [0, 0.1) is 10.1 Å². The van der Waals surface area contributed by atoms with E-state index in [0.717, 1.165) is 11.3 Å². The van der Waals surface area contributed by atoms with Gasteiger partial charge in [-0.15, -0.1) is 0 Å². The van der Waals surface area contributed by atoms with Crippen molar-refractivity contribution in [1.29, 1.82) is 0 Å². The van der Waals surface area contributed by atoms with Gasteiger partial charge in [-0.3, -0.25) is 10.1 Å². The van der Waals surface area contributed by atoms with E-state index in [4.69, 9.17) is 5.73 Å². The monoisotopic (exact) mass is 297 g/mol. The molecule has 0 bridgehead atoms. The lowest BCUT2D eigenvalue weighted by Crippen LogP contribution is -2.19. The molecule has 1 aliphatic heterocycles. The van der Waals surface area contributed by atoms with Gasteiger partial charge in [0.1, 0.15) is 5.82 Å². The minimum atomic E-state index is -0.395. The van der Waals surface area contributed by atoms with E-state index in [0.29, 0.717) is 18.8 Å². The Bertz CT molecular complexity index is 717. The summed E-state index contributed by atoms with van der Waals surface area (Å²) in [6.07, 6.45) is 2.32. The van der Waals surface area contributed by atoms with Crippen molar-refractivity contribution in [1.82, 2.24) is 4.98 Å². The third kappa shape index (κ3) is 2.66. The number of aromatic nitrogens is 1. The average molecular weight is 297 g/mol. The van der Waals surface area contributed by atoms with E-state index < -0.39 is 4.92 Å². The molecule has 1 unspecified atom stereocenters. The highest BCUT2D eigenvalue weighted by Gasteiger charge is 2.30. The number of hydrogen-bond acceptors (Lipinski definition) is 6. The molecule has 1 aromatic heterocycles. The molecule has 2 N–H and O–H groups in total. The molecule has 112 valence electrons. The van der Waals surface area contributed by atoms with Crippen LogP contribution in [0.5, 0.6) is 0 Å². The van der Waals surface area contributed by atoms with E-state index in [9.17, 15) is 10.1 Å². The molecule has 1 aliphatic rings. The topological polar surface area (TPSA) is 97.7 Å². The predicted octanol–water partition coefficient (Wildman–Crippen LogP) is 2.26. The Balaban J connectivity index is 1.98. The zero-order chi connectivity index (χ0) is 15.5.